The van der Waals surface area contributed by atoms with E-state index in [-0.39, 0.29) is 12.1 Å². The van der Waals surface area contributed by atoms with Crippen molar-refractivity contribution in [3.8, 4) is 0 Å². The van der Waals surface area contributed by atoms with Gasteiger partial charge >= 0.3 is 6.03 Å². The number of amides is 2. The Balaban J connectivity index is 1.79. The van der Waals surface area contributed by atoms with Gasteiger partial charge in [0.15, 0.2) is 0 Å². The first kappa shape index (κ1) is 16.2. The van der Waals surface area contributed by atoms with Crippen molar-refractivity contribution in [1.29, 1.82) is 0 Å². The van der Waals surface area contributed by atoms with Gasteiger partial charge in [0.2, 0.25) is 5.13 Å². The third-order valence-electron chi connectivity index (χ3n) is 3.83. The van der Waals surface area contributed by atoms with Crippen LogP contribution in [0.1, 0.15) is 38.9 Å². The number of carbonyl (C=O) groups excluding carboxylic acids is 1. The molecule has 21 heavy (non-hydrogen) atoms. The number of aryl methyl sites for hydroxylation is 1. The first-order valence-corrected chi connectivity index (χ1v) is 8.27. The molecule has 1 saturated heterocycles. The number of nitrogens with zero attached hydrogens (tertiary/aromatic N) is 3. The standard InChI is InChI=1S/C14H24N4O2S/c1-9(2)8-12(19)11-4-6-18(7-5-11)14(20)16-13-15-10(3)17-21-13/h9,11-12,19H,4-8H2,1-3H3,(H,15,16,17,20)/t12-/m0/s1. The zero-order valence-electron chi connectivity index (χ0n) is 12.9. The molecule has 1 aliphatic rings. The van der Waals surface area contributed by atoms with Crippen molar-refractivity contribution in [2.45, 2.75) is 46.1 Å². The molecule has 1 atom stereocenters. The minimum atomic E-state index is -0.249. The van der Waals surface area contributed by atoms with Crippen molar-refractivity contribution >= 4 is 22.7 Å². The normalized spacial score (nSPS) is 18.0. The number of rotatable bonds is 4. The molecule has 2 heterocycles. The van der Waals surface area contributed by atoms with Gasteiger partial charge in [0.1, 0.15) is 5.82 Å². The van der Waals surface area contributed by atoms with E-state index in [1.807, 2.05) is 0 Å². The van der Waals surface area contributed by atoms with Gasteiger partial charge in [0.05, 0.1) is 6.10 Å². The predicted molar refractivity (Wildman–Crippen MR) is 83.4 cm³/mol. The van der Waals surface area contributed by atoms with Gasteiger partial charge in [-0.2, -0.15) is 4.37 Å². The summed E-state index contributed by atoms with van der Waals surface area (Å²) in [5.41, 5.74) is 0. The van der Waals surface area contributed by atoms with E-state index in [2.05, 4.69) is 28.5 Å². The molecule has 0 saturated carbocycles. The van der Waals surface area contributed by atoms with E-state index >= 15 is 0 Å². The average molecular weight is 312 g/mol. The Morgan fingerprint density at radius 2 is 2.14 bits per heavy atom. The van der Waals surface area contributed by atoms with Crippen molar-refractivity contribution in [3.63, 3.8) is 0 Å². The zero-order valence-corrected chi connectivity index (χ0v) is 13.7. The molecule has 2 rings (SSSR count). The van der Waals surface area contributed by atoms with Crippen LogP contribution >= 0.6 is 11.5 Å². The third kappa shape index (κ3) is 4.64. The van der Waals surface area contributed by atoms with E-state index in [9.17, 15) is 9.90 Å². The van der Waals surface area contributed by atoms with Crippen LogP contribution in [-0.2, 0) is 0 Å². The highest BCUT2D eigenvalue weighted by Gasteiger charge is 2.28. The lowest BCUT2D eigenvalue weighted by Crippen LogP contribution is -2.43. The molecule has 6 nitrogen and oxygen atoms in total. The second-order valence-corrected chi connectivity index (χ2v) is 6.85. The number of likely N-dealkylation sites (tertiary alicyclic amines) is 1. The molecule has 0 unspecified atom stereocenters. The van der Waals surface area contributed by atoms with Crippen molar-refractivity contribution in [2.75, 3.05) is 18.4 Å². The predicted octanol–water partition coefficient (Wildman–Crippen LogP) is 2.50. The summed E-state index contributed by atoms with van der Waals surface area (Å²) in [6, 6.07) is -0.122. The van der Waals surface area contributed by atoms with Crippen LogP contribution in [0.3, 0.4) is 0 Å². The number of aliphatic hydroxyl groups is 1. The lowest BCUT2D eigenvalue weighted by molar-refractivity contribution is 0.0534. The highest BCUT2D eigenvalue weighted by molar-refractivity contribution is 7.09. The molecule has 7 heteroatoms. The minimum Gasteiger partial charge on any atom is -0.393 e. The maximum Gasteiger partial charge on any atom is 0.323 e. The summed E-state index contributed by atoms with van der Waals surface area (Å²) < 4.78 is 4.04. The van der Waals surface area contributed by atoms with Gasteiger partial charge in [-0.15, -0.1) is 0 Å². The van der Waals surface area contributed by atoms with Crippen LogP contribution < -0.4 is 5.32 Å². The first-order chi connectivity index (χ1) is 9.95. The molecule has 2 N–H and O–H groups in total. The Labute approximate surface area is 129 Å². The highest BCUT2D eigenvalue weighted by Crippen LogP contribution is 2.25. The maximum absolute atomic E-state index is 12.1. The van der Waals surface area contributed by atoms with E-state index in [1.54, 1.807) is 11.8 Å². The largest absolute Gasteiger partial charge is 0.393 e. The Morgan fingerprint density at radius 1 is 1.48 bits per heavy atom. The summed E-state index contributed by atoms with van der Waals surface area (Å²) in [5.74, 6) is 1.48. The molecular weight excluding hydrogens is 288 g/mol. The Bertz CT molecular complexity index is 469. The lowest BCUT2D eigenvalue weighted by atomic mass is 9.87. The van der Waals surface area contributed by atoms with Gasteiger partial charge < -0.3 is 10.0 Å². The highest BCUT2D eigenvalue weighted by atomic mass is 32.1. The smallest absolute Gasteiger partial charge is 0.323 e. The number of aliphatic hydroxyl groups excluding tert-OH is 1. The summed E-state index contributed by atoms with van der Waals surface area (Å²) in [4.78, 5) is 18.0. The van der Waals surface area contributed by atoms with E-state index in [0.717, 1.165) is 19.3 Å². The summed E-state index contributed by atoms with van der Waals surface area (Å²) in [6.07, 6.45) is 2.30. The molecule has 0 spiro atoms. The second-order valence-electron chi connectivity index (χ2n) is 6.10. The molecule has 1 fully saturated rings. The first-order valence-electron chi connectivity index (χ1n) is 7.50. The van der Waals surface area contributed by atoms with Crippen LogP contribution in [0, 0.1) is 18.8 Å². The fraction of sp³-hybridized carbons (Fsp3) is 0.786. The number of aromatic nitrogens is 2. The maximum atomic E-state index is 12.1. The van der Waals surface area contributed by atoms with Crippen LogP contribution in [0.15, 0.2) is 0 Å². The number of hydrogen-bond acceptors (Lipinski definition) is 5. The number of carbonyl (C=O) groups is 1. The fourth-order valence-corrected chi connectivity index (χ4v) is 3.25. The summed E-state index contributed by atoms with van der Waals surface area (Å²) in [5, 5.41) is 13.5. The van der Waals surface area contributed by atoms with Crippen LogP contribution in [0.25, 0.3) is 0 Å². The SMILES string of the molecule is Cc1nsc(NC(=O)N2CCC([C@@H](O)CC(C)C)CC2)n1. The van der Waals surface area contributed by atoms with Crippen molar-refractivity contribution in [2.24, 2.45) is 11.8 Å². The Hall–Kier alpha value is -1.21. The number of anilines is 1. The minimum absolute atomic E-state index is 0.122. The second kappa shape index (κ2) is 7.17. The van der Waals surface area contributed by atoms with Gasteiger partial charge in [-0.1, -0.05) is 13.8 Å². The summed E-state index contributed by atoms with van der Waals surface area (Å²) in [6.45, 7) is 7.41. The van der Waals surface area contributed by atoms with Crippen LogP contribution in [0.5, 0.6) is 0 Å². The van der Waals surface area contributed by atoms with Gasteiger partial charge in [-0.25, -0.2) is 9.78 Å². The lowest BCUT2D eigenvalue weighted by Gasteiger charge is -2.34. The van der Waals surface area contributed by atoms with E-state index in [0.29, 0.717) is 35.9 Å². The molecule has 118 valence electrons. The van der Waals surface area contributed by atoms with E-state index < -0.39 is 0 Å². The molecule has 0 radical (unpaired) electrons. The summed E-state index contributed by atoms with van der Waals surface area (Å²) in [7, 11) is 0. The van der Waals surface area contributed by atoms with Gasteiger partial charge in [0.25, 0.3) is 0 Å². The van der Waals surface area contributed by atoms with Crippen molar-refractivity contribution in [3.05, 3.63) is 5.82 Å². The number of hydrogen-bond donors (Lipinski definition) is 2. The molecular formula is C14H24N4O2S. The van der Waals surface area contributed by atoms with Crippen molar-refractivity contribution in [1.82, 2.24) is 14.3 Å². The van der Waals surface area contributed by atoms with Crippen LogP contribution in [0.4, 0.5) is 9.93 Å². The molecule has 1 aliphatic heterocycles. The number of nitrogens with one attached hydrogen (secondary N) is 1. The third-order valence-corrected chi connectivity index (χ3v) is 4.55. The molecule has 0 bridgehead atoms. The molecule has 0 aromatic carbocycles. The zero-order chi connectivity index (χ0) is 15.4. The molecule has 1 aromatic heterocycles. The van der Waals surface area contributed by atoms with Crippen LogP contribution in [0.2, 0.25) is 0 Å². The van der Waals surface area contributed by atoms with Crippen LogP contribution in [-0.4, -0.2) is 44.6 Å². The van der Waals surface area contributed by atoms with E-state index in [1.165, 1.54) is 11.5 Å². The topological polar surface area (TPSA) is 78.4 Å². The van der Waals surface area contributed by atoms with E-state index in [4.69, 9.17) is 0 Å². The van der Waals surface area contributed by atoms with Gasteiger partial charge in [0, 0.05) is 24.6 Å². The van der Waals surface area contributed by atoms with Gasteiger partial charge in [-0.3, -0.25) is 5.32 Å². The molecule has 2 amide bonds. The quantitative estimate of drug-likeness (QED) is 0.895. The fourth-order valence-electron chi connectivity index (χ4n) is 2.68. The Morgan fingerprint density at radius 3 is 2.67 bits per heavy atom. The Kier molecular flexibility index (Phi) is 5.52. The van der Waals surface area contributed by atoms with Gasteiger partial charge in [-0.05, 0) is 38.0 Å². The number of urea groups is 1. The summed E-state index contributed by atoms with van der Waals surface area (Å²) >= 11 is 1.19. The number of piperidine rings is 1. The molecule has 0 aliphatic carbocycles. The molecule has 1 aromatic rings. The average Bonchev–Trinajstić information content (AvgIpc) is 2.83. The monoisotopic (exact) mass is 312 g/mol. The van der Waals surface area contributed by atoms with Crippen molar-refractivity contribution < 1.29 is 9.90 Å².